The van der Waals surface area contributed by atoms with E-state index in [0.717, 1.165) is 12.4 Å². The van der Waals surface area contributed by atoms with Crippen LogP contribution in [0.25, 0.3) is 0 Å². The van der Waals surface area contributed by atoms with Crippen LogP contribution in [0.4, 0.5) is 0 Å². The number of allylic oxidation sites excluding steroid dienone is 1. The fourth-order valence-corrected chi connectivity index (χ4v) is 0. The van der Waals surface area contributed by atoms with E-state index in [1.54, 1.807) is 6.08 Å². The number of hydrogen-bond donors (Lipinski definition) is 1. The second kappa shape index (κ2) is 19.0. The van der Waals surface area contributed by atoms with E-state index < -0.39 is 0 Å². The minimum atomic E-state index is 0.896. The highest BCUT2D eigenvalue weighted by atomic mass is 79.9. The number of hydrogen-bond acceptors (Lipinski definition) is 1. The van der Waals surface area contributed by atoms with Crippen LogP contribution < -0.4 is 0 Å². The zero-order valence-corrected chi connectivity index (χ0v) is 5.40. The maximum Gasteiger partial charge on any atom is 0.0319 e. The van der Waals surface area contributed by atoms with Crippen molar-refractivity contribution in [2.45, 2.75) is 0 Å². The summed E-state index contributed by atoms with van der Waals surface area (Å²) in [6.07, 6.45) is 1.79. The Bertz CT molecular complexity index is 21.5. The summed E-state index contributed by atoms with van der Waals surface area (Å²) >= 11 is 3.13. The van der Waals surface area contributed by atoms with Crippen molar-refractivity contribution in [3.63, 3.8) is 0 Å². The van der Waals surface area contributed by atoms with Crippen molar-refractivity contribution in [2.24, 2.45) is 0 Å². The third-order valence-electron chi connectivity index (χ3n) is 0.109. The molecule has 0 aliphatic heterocycles. The maximum atomic E-state index is 7.00. The molecular formula is C4H9BrO. The molecule has 0 aliphatic carbocycles. The molecule has 0 spiro atoms. The molecule has 0 radical (unpaired) electrons. The average molecular weight is 153 g/mol. The van der Waals surface area contributed by atoms with E-state index in [4.69, 9.17) is 5.11 Å². The normalized spacial score (nSPS) is 5.17. The standard InChI is InChI=1S/C3H5Br.CH4O/c1-2-3-4;1-2/h2H,1,3H2;2H,1H3. The van der Waals surface area contributed by atoms with Crippen LogP contribution in [0.15, 0.2) is 12.7 Å². The summed E-state index contributed by atoms with van der Waals surface area (Å²) in [5.41, 5.74) is 0. The monoisotopic (exact) mass is 152 g/mol. The molecule has 0 amide bonds. The second-order valence-electron chi connectivity index (χ2n) is 0.443. The van der Waals surface area contributed by atoms with E-state index in [0.29, 0.717) is 0 Å². The van der Waals surface area contributed by atoms with Gasteiger partial charge in [0.25, 0.3) is 0 Å². The predicted octanol–water partition coefficient (Wildman–Crippen LogP) is 1.18. The zero-order chi connectivity index (χ0) is 5.41. The Morgan fingerprint density at radius 3 is 2.00 bits per heavy atom. The Morgan fingerprint density at radius 1 is 1.83 bits per heavy atom. The predicted molar refractivity (Wildman–Crippen MR) is 32.1 cm³/mol. The van der Waals surface area contributed by atoms with Crippen molar-refractivity contribution in [3.8, 4) is 0 Å². The molecule has 2 heteroatoms. The Morgan fingerprint density at radius 2 is 2.00 bits per heavy atom. The average Bonchev–Trinajstić information content (AvgIpc) is 1.72. The topological polar surface area (TPSA) is 20.2 Å². The molecule has 0 atom stereocenters. The summed E-state index contributed by atoms with van der Waals surface area (Å²) in [4.78, 5) is 0. The van der Waals surface area contributed by atoms with Crippen LogP contribution in [0.1, 0.15) is 0 Å². The van der Waals surface area contributed by atoms with Crippen LogP contribution in [0.3, 0.4) is 0 Å². The van der Waals surface area contributed by atoms with Gasteiger partial charge in [-0.25, -0.2) is 0 Å². The molecule has 0 bridgehead atoms. The SMILES string of the molecule is C=CCBr.CO. The first-order valence-corrected chi connectivity index (χ1v) is 2.65. The van der Waals surface area contributed by atoms with Crippen LogP contribution in [0.2, 0.25) is 0 Å². The Labute approximate surface area is 46.8 Å². The Kier molecular flexibility index (Phi) is 30.1. The Balaban J connectivity index is 0. The van der Waals surface area contributed by atoms with E-state index in [2.05, 4.69) is 22.5 Å². The van der Waals surface area contributed by atoms with Crippen LogP contribution in [-0.4, -0.2) is 17.5 Å². The van der Waals surface area contributed by atoms with Gasteiger partial charge < -0.3 is 5.11 Å². The van der Waals surface area contributed by atoms with E-state index in [1.165, 1.54) is 0 Å². The van der Waals surface area contributed by atoms with Gasteiger partial charge in [0, 0.05) is 12.4 Å². The molecule has 0 heterocycles. The van der Waals surface area contributed by atoms with Gasteiger partial charge in [0.05, 0.1) is 0 Å². The molecule has 6 heavy (non-hydrogen) atoms. The first kappa shape index (κ1) is 9.49. The summed E-state index contributed by atoms with van der Waals surface area (Å²) in [5, 5.41) is 7.90. The fourth-order valence-electron chi connectivity index (χ4n) is 0. The van der Waals surface area contributed by atoms with Gasteiger partial charge in [0.2, 0.25) is 0 Å². The van der Waals surface area contributed by atoms with Gasteiger partial charge in [0.1, 0.15) is 0 Å². The molecule has 0 unspecified atom stereocenters. The highest BCUT2D eigenvalue weighted by Gasteiger charge is 1.47. The lowest BCUT2D eigenvalue weighted by molar-refractivity contribution is 0.399. The van der Waals surface area contributed by atoms with Crippen molar-refractivity contribution >= 4 is 15.9 Å². The summed E-state index contributed by atoms with van der Waals surface area (Å²) < 4.78 is 0. The second-order valence-corrected chi connectivity index (χ2v) is 1.09. The largest absolute Gasteiger partial charge is 0.400 e. The minimum absolute atomic E-state index is 0.896. The van der Waals surface area contributed by atoms with Crippen LogP contribution in [0, 0.1) is 0 Å². The van der Waals surface area contributed by atoms with Gasteiger partial charge in [-0.15, -0.1) is 6.58 Å². The first-order chi connectivity index (χ1) is 2.91. The molecule has 0 fully saturated rings. The van der Waals surface area contributed by atoms with Gasteiger partial charge in [-0.05, 0) is 0 Å². The summed E-state index contributed by atoms with van der Waals surface area (Å²) in [5.74, 6) is 0. The van der Waals surface area contributed by atoms with Crippen LogP contribution in [-0.2, 0) is 0 Å². The molecular weight excluding hydrogens is 144 g/mol. The zero-order valence-electron chi connectivity index (χ0n) is 3.82. The number of aliphatic hydroxyl groups excluding tert-OH is 1. The third-order valence-corrected chi connectivity index (χ3v) is 0.567. The summed E-state index contributed by atoms with van der Waals surface area (Å²) in [6.45, 7) is 3.43. The molecule has 0 aromatic heterocycles. The number of aliphatic hydroxyl groups is 1. The smallest absolute Gasteiger partial charge is 0.0319 e. The minimum Gasteiger partial charge on any atom is -0.400 e. The fraction of sp³-hybridized carbons (Fsp3) is 0.500. The molecule has 0 aliphatic rings. The van der Waals surface area contributed by atoms with E-state index >= 15 is 0 Å². The van der Waals surface area contributed by atoms with Gasteiger partial charge in [-0.2, -0.15) is 0 Å². The molecule has 0 rings (SSSR count). The molecule has 0 saturated heterocycles. The molecule has 0 aromatic carbocycles. The molecule has 1 N–H and O–H groups in total. The number of halogens is 1. The van der Waals surface area contributed by atoms with E-state index in [1.807, 2.05) is 0 Å². The highest BCUT2D eigenvalue weighted by molar-refractivity contribution is 9.09. The van der Waals surface area contributed by atoms with Gasteiger partial charge in [0.15, 0.2) is 0 Å². The Hall–Kier alpha value is 0.180. The quantitative estimate of drug-likeness (QED) is 0.443. The van der Waals surface area contributed by atoms with Crippen molar-refractivity contribution in [1.29, 1.82) is 0 Å². The maximum absolute atomic E-state index is 7.00. The van der Waals surface area contributed by atoms with Gasteiger partial charge >= 0.3 is 0 Å². The van der Waals surface area contributed by atoms with Gasteiger partial charge in [-0.3, -0.25) is 0 Å². The van der Waals surface area contributed by atoms with E-state index in [-0.39, 0.29) is 0 Å². The molecule has 0 saturated carbocycles. The lowest BCUT2D eigenvalue weighted by Gasteiger charge is -1.55. The van der Waals surface area contributed by atoms with Crippen LogP contribution in [0.5, 0.6) is 0 Å². The van der Waals surface area contributed by atoms with Gasteiger partial charge in [-0.1, -0.05) is 22.0 Å². The van der Waals surface area contributed by atoms with Crippen molar-refractivity contribution in [1.82, 2.24) is 0 Å². The summed E-state index contributed by atoms with van der Waals surface area (Å²) in [6, 6.07) is 0. The molecule has 38 valence electrons. The van der Waals surface area contributed by atoms with Crippen LogP contribution >= 0.6 is 15.9 Å². The number of alkyl halides is 1. The lowest BCUT2D eigenvalue weighted by Crippen LogP contribution is -1.43. The van der Waals surface area contributed by atoms with Crippen molar-refractivity contribution in [2.75, 3.05) is 12.4 Å². The first-order valence-electron chi connectivity index (χ1n) is 1.53. The van der Waals surface area contributed by atoms with Crippen molar-refractivity contribution < 1.29 is 5.11 Å². The van der Waals surface area contributed by atoms with Crippen molar-refractivity contribution in [3.05, 3.63) is 12.7 Å². The lowest BCUT2D eigenvalue weighted by atomic mass is 10.8. The third kappa shape index (κ3) is 30.4. The number of rotatable bonds is 1. The summed E-state index contributed by atoms with van der Waals surface area (Å²) in [7, 11) is 1.00. The van der Waals surface area contributed by atoms with E-state index in [9.17, 15) is 0 Å². The highest BCUT2D eigenvalue weighted by Crippen LogP contribution is 1.73. The molecule has 0 aromatic rings. The molecule has 1 nitrogen and oxygen atoms in total.